The summed E-state index contributed by atoms with van der Waals surface area (Å²) in [6, 6.07) is 9.85. The van der Waals surface area contributed by atoms with E-state index in [1.807, 2.05) is 0 Å². The van der Waals surface area contributed by atoms with Gasteiger partial charge in [-0.3, -0.25) is 0 Å². The maximum atomic E-state index is 3.61. The van der Waals surface area contributed by atoms with Crippen molar-refractivity contribution in [2.75, 3.05) is 18.0 Å². The second-order valence-corrected chi connectivity index (χ2v) is 6.22. The van der Waals surface area contributed by atoms with Crippen LogP contribution in [0.5, 0.6) is 0 Å². The zero-order valence-corrected chi connectivity index (χ0v) is 14.1. The van der Waals surface area contributed by atoms with Crippen molar-refractivity contribution in [2.45, 2.75) is 60.0 Å². The van der Waals surface area contributed by atoms with Gasteiger partial charge in [0.15, 0.2) is 0 Å². The van der Waals surface area contributed by atoms with Crippen LogP contribution in [0.1, 0.15) is 59.6 Å². The Hall–Kier alpha value is -1.02. The number of hydrogen-bond acceptors (Lipinski definition) is 2. The van der Waals surface area contributed by atoms with Gasteiger partial charge in [-0.2, -0.15) is 0 Å². The molecule has 0 bridgehead atoms. The van der Waals surface area contributed by atoms with Crippen LogP contribution in [0.3, 0.4) is 0 Å². The van der Waals surface area contributed by atoms with Gasteiger partial charge >= 0.3 is 0 Å². The van der Waals surface area contributed by atoms with Gasteiger partial charge in [-0.25, -0.2) is 0 Å². The van der Waals surface area contributed by atoms with Crippen molar-refractivity contribution >= 4 is 5.69 Å². The molecule has 0 fully saturated rings. The normalized spacial score (nSPS) is 13.0. The molecule has 1 N–H and O–H groups in total. The lowest BCUT2D eigenvalue weighted by molar-refractivity contribution is 0.526. The van der Waals surface area contributed by atoms with E-state index in [4.69, 9.17) is 0 Å². The lowest BCUT2D eigenvalue weighted by Crippen LogP contribution is -2.35. The van der Waals surface area contributed by atoms with Crippen LogP contribution in [-0.4, -0.2) is 19.1 Å². The molecule has 0 aliphatic rings. The Morgan fingerprint density at radius 1 is 1.05 bits per heavy atom. The van der Waals surface area contributed by atoms with Gasteiger partial charge in [0.2, 0.25) is 0 Å². The second kappa shape index (κ2) is 8.31. The molecule has 0 amide bonds. The number of anilines is 1. The van der Waals surface area contributed by atoms with Crippen molar-refractivity contribution in [1.29, 1.82) is 0 Å². The van der Waals surface area contributed by atoms with Gasteiger partial charge in [0.25, 0.3) is 0 Å². The molecule has 0 heterocycles. The van der Waals surface area contributed by atoms with Crippen molar-refractivity contribution in [3.05, 3.63) is 29.8 Å². The van der Waals surface area contributed by atoms with Crippen LogP contribution >= 0.6 is 0 Å². The number of benzene rings is 1. The molecular formula is C18H32N2. The first-order valence-electron chi connectivity index (χ1n) is 8.10. The lowest BCUT2D eigenvalue weighted by atomic mass is 10.00. The highest BCUT2D eigenvalue weighted by Crippen LogP contribution is 2.30. The minimum atomic E-state index is 0.449. The first-order chi connectivity index (χ1) is 9.51. The van der Waals surface area contributed by atoms with E-state index < -0.39 is 0 Å². The summed E-state index contributed by atoms with van der Waals surface area (Å²) in [5, 5.41) is 3.61. The van der Waals surface area contributed by atoms with Gasteiger partial charge in [0.05, 0.1) is 0 Å². The zero-order chi connectivity index (χ0) is 15.1. The highest BCUT2D eigenvalue weighted by Gasteiger charge is 2.19. The third-order valence-corrected chi connectivity index (χ3v) is 3.67. The SMILES string of the molecule is CCNC(CC)c1ccccc1N(CC(C)C)C(C)C. The molecule has 0 saturated carbocycles. The topological polar surface area (TPSA) is 15.3 Å². The largest absolute Gasteiger partial charge is 0.369 e. The van der Waals surface area contributed by atoms with E-state index in [1.165, 1.54) is 11.3 Å². The Balaban J connectivity index is 3.14. The first-order valence-corrected chi connectivity index (χ1v) is 8.10. The third-order valence-electron chi connectivity index (χ3n) is 3.67. The minimum absolute atomic E-state index is 0.449. The fraction of sp³-hybridized carbons (Fsp3) is 0.667. The van der Waals surface area contributed by atoms with E-state index >= 15 is 0 Å². The summed E-state index contributed by atoms with van der Waals surface area (Å²) in [6.07, 6.45) is 1.12. The average molecular weight is 276 g/mol. The number of nitrogens with one attached hydrogen (secondary N) is 1. The Labute approximate surface area is 125 Å². The summed E-state index contributed by atoms with van der Waals surface area (Å²) in [5.41, 5.74) is 2.83. The van der Waals surface area contributed by atoms with Crippen molar-refractivity contribution in [1.82, 2.24) is 5.32 Å². The molecule has 1 aromatic carbocycles. The minimum Gasteiger partial charge on any atom is -0.369 e. The van der Waals surface area contributed by atoms with Gasteiger partial charge in [-0.15, -0.1) is 0 Å². The van der Waals surface area contributed by atoms with E-state index in [0.29, 0.717) is 18.0 Å². The predicted molar refractivity (Wildman–Crippen MR) is 90.5 cm³/mol. The number of para-hydroxylation sites is 1. The highest BCUT2D eigenvalue weighted by molar-refractivity contribution is 5.55. The Morgan fingerprint density at radius 3 is 2.20 bits per heavy atom. The van der Waals surface area contributed by atoms with Gasteiger partial charge in [-0.1, -0.05) is 45.9 Å². The summed E-state index contributed by atoms with van der Waals surface area (Å²) < 4.78 is 0. The molecule has 0 saturated heterocycles. The molecule has 2 nitrogen and oxygen atoms in total. The molecule has 1 atom stereocenters. The van der Waals surface area contributed by atoms with Crippen LogP contribution in [-0.2, 0) is 0 Å². The van der Waals surface area contributed by atoms with Crippen LogP contribution in [0.25, 0.3) is 0 Å². The van der Waals surface area contributed by atoms with Crippen LogP contribution in [0.4, 0.5) is 5.69 Å². The Kier molecular flexibility index (Phi) is 7.08. The molecule has 1 rings (SSSR count). The molecule has 114 valence electrons. The number of rotatable bonds is 8. The fourth-order valence-corrected chi connectivity index (χ4v) is 2.75. The van der Waals surface area contributed by atoms with Gasteiger partial charge in [-0.05, 0) is 44.4 Å². The molecule has 1 aromatic rings. The van der Waals surface area contributed by atoms with E-state index in [2.05, 4.69) is 76.0 Å². The van der Waals surface area contributed by atoms with Gasteiger partial charge < -0.3 is 10.2 Å². The summed E-state index contributed by atoms with van der Waals surface area (Å²) in [6.45, 7) is 15.7. The van der Waals surface area contributed by atoms with Crippen LogP contribution < -0.4 is 10.2 Å². The quantitative estimate of drug-likeness (QED) is 0.745. The molecule has 0 aliphatic heterocycles. The van der Waals surface area contributed by atoms with Gasteiger partial charge in [0.1, 0.15) is 0 Å². The van der Waals surface area contributed by atoms with Crippen molar-refractivity contribution in [2.24, 2.45) is 5.92 Å². The van der Waals surface area contributed by atoms with Crippen LogP contribution in [0, 0.1) is 5.92 Å². The van der Waals surface area contributed by atoms with Crippen molar-refractivity contribution in [3.8, 4) is 0 Å². The molecule has 1 unspecified atom stereocenters. The molecule has 2 heteroatoms. The standard InChI is InChI=1S/C18H32N2/c1-7-17(19-8-2)16-11-9-10-12-18(16)20(15(5)6)13-14(3)4/h9-12,14-15,17,19H,7-8,13H2,1-6H3. The first kappa shape index (κ1) is 17.0. The Morgan fingerprint density at radius 2 is 1.70 bits per heavy atom. The molecule has 20 heavy (non-hydrogen) atoms. The predicted octanol–water partition coefficient (Wildman–Crippen LogP) is 4.62. The summed E-state index contributed by atoms with van der Waals surface area (Å²) >= 11 is 0. The number of nitrogens with zero attached hydrogens (tertiary/aromatic N) is 1. The summed E-state index contributed by atoms with van der Waals surface area (Å²) in [7, 11) is 0. The lowest BCUT2D eigenvalue weighted by Gasteiger charge is -2.34. The molecule has 0 radical (unpaired) electrons. The highest BCUT2D eigenvalue weighted by atomic mass is 15.2. The monoisotopic (exact) mass is 276 g/mol. The second-order valence-electron chi connectivity index (χ2n) is 6.22. The van der Waals surface area contributed by atoms with E-state index in [-0.39, 0.29) is 0 Å². The fourth-order valence-electron chi connectivity index (χ4n) is 2.75. The van der Waals surface area contributed by atoms with E-state index in [9.17, 15) is 0 Å². The van der Waals surface area contributed by atoms with Crippen molar-refractivity contribution < 1.29 is 0 Å². The van der Waals surface area contributed by atoms with Crippen LogP contribution in [0.15, 0.2) is 24.3 Å². The van der Waals surface area contributed by atoms with Crippen LogP contribution in [0.2, 0.25) is 0 Å². The summed E-state index contributed by atoms with van der Waals surface area (Å²) in [5.74, 6) is 0.671. The zero-order valence-electron chi connectivity index (χ0n) is 14.1. The van der Waals surface area contributed by atoms with E-state index in [1.54, 1.807) is 0 Å². The maximum absolute atomic E-state index is 3.61. The van der Waals surface area contributed by atoms with E-state index in [0.717, 1.165) is 19.5 Å². The molecular weight excluding hydrogens is 244 g/mol. The summed E-state index contributed by atoms with van der Waals surface area (Å²) in [4.78, 5) is 2.54. The van der Waals surface area contributed by atoms with Crippen molar-refractivity contribution in [3.63, 3.8) is 0 Å². The number of hydrogen-bond donors (Lipinski definition) is 1. The third kappa shape index (κ3) is 4.52. The molecule has 0 aliphatic carbocycles. The maximum Gasteiger partial charge on any atom is 0.0417 e. The Bertz CT molecular complexity index is 385. The molecule has 0 spiro atoms. The van der Waals surface area contributed by atoms with Gasteiger partial charge in [0, 0.05) is 24.3 Å². The average Bonchev–Trinajstić information content (AvgIpc) is 2.42. The molecule has 0 aromatic heterocycles. The smallest absolute Gasteiger partial charge is 0.0417 e.